The molecule has 0 unspecified atom stereocenters. The molecule has 1 heterocycles. The first-order valence-corrected chi connectivity index (χ1v) is 9.23. The summed E-state index contributed by atoms with van der Waals surface area (Å²) in [6.45, 7) is 5.14. The highest BCUT2D eigenvalue weighted by molar-refractivity contribution is 7.89. The van der Waals surface area contributed by atoms with Gasteiger partial charge >= 0.3 is 0 Å². The van der Waals surface area contributed by atoms with Crippen LogP contribution in [-0.2, 0) is 10.0 Å². The van der Waals surface area contributed by atoms with E-state index >= 15 is 0 Å². The Balaban J connectivity index is 1.90. The number of nitrogens with one attached hydrogen (secondary N) is 3. The first-order valence-electron chi connectivity index (χ1n) is 7.75. The summed E-state index contributed by atoms with van der Waals surface area (Å²) in [5.74, 6) is -0.546. The van der Waals surface area contributed by atoms with E-state index in [9.17, 15) is 18.0 Å². The number of Topliss-reactive ketones (excluding diaryl/α,β-unsaturated/α-hetero) is 1. The number of aromatic nitrogens is 1. The Bertz CT molecular complexity index is 900. The van der Waals surface area contributed by atoms with Gasteiger partial charge in [-0.05, 0) is 44.0 Å². The lowest BCUT2D eigenvalue weighted by Crippen LogP contribution is -2.35. The number of rotatable bonds is 7. The second-order valence-corrected chi connectivity index (χ2v) is 7.52. The fourth-order valence-electron chi connectivity index (χ4n) is 2.26. The molecule has 1 amide bonds. The van der Waals surface area contributed by atoms with E-state index in [4.69, 9.17) is 0 Å². The zero-order chi connectivity index (χ0) is 18.6. The fraction of sp³-hybridized carbons (Fsp3) is 0.294. The minimum Gasteiger partial charge on any atom is -0.356 e. The molecular weight excluding hydrogens is 342 g/mol. The Hall–Kier alpha value is -2.45. The van der Waals surface area contributed by atoms with Gasteiger partial charge in [-0.15, -0.1) is 0 Å². The lowest BCUT2D eigenvalue weighted by Gasteiger charge is -2.10. The van der Waals surface area contributed by atoms with E-state index in [0.29, 0.717) is 11.1 Å². The van der Waals surface area contributed by atoms with Crippen molar-refractivity contribution in [3.63, 3.8) is 0 Å². The van der Waals surface area contributed by atoms with Crippen molar-refractivity contribution in [3.05, 3.63) is 52.8 Å². The van der Waals surface area contributed by atoms with Crippen LogP contribution >= 0.6 is 0 Å². The van der Waals surface area contributed by atoms with E-state index in [1.54, 1.807) is 19.1 Å². The molecule has 134 valence electrons. The molecule has 3 N–H and O–H groups in total. The van der Waals surface area contributed by atoms with Crippen LogP contribution in [0.3, 0.4) is 0 Å². The van der Waals surface area contributed by atoms with Gasteiger partial charge in [0.15, 0.2) is 5.78 Å². The molecule has 2 rings (SSSR count). The molecule has 0 aliphatic rings. The standard InChI is InChI=1S/C17H21N3O4S/c1-11-4-5-12(2)16(8-11)25(23,24)20-7-6-18-17(22)15-9-14(10-19-15)13(3)21/h4-5,8-10,19-20H,6-7H2,1-3H3,(H,18,22). The molecule has 0 bridgehead atoms. The molecule has 0 saturated heterocycles. The second kappa shape index (κ2) is 7.62. The highest BCUT2D eigenvalue weighted by atomic mass is 32.2. The number of amides is 1. The van der Waals surface area contributed by atoms with Crippen molar-refractivity contribution in [2.75, 3.05) is 13.1 Å². The summed E-state index contributed by atoms with van der Waals surface area (Å²) >= 11 is 0. The number of carbonyl (C=O) groups excluding carboxylic acids is 2. The number of aryl methyl sites for hydroxylation is 2. The predicted octanol–water partition coefficient (Wildman–Crippen LogP) is 1.54. The monoisotopic (exact) mass is 363 g/mol. The molecule has 0 atom stereocenters. The molecule has 0 aliphatic carbocycles. The largest absolute Gasteiger partial charge is 0.356 e. The average Bonchev–Trinajstić information content (AvgIpc) is 3.04. The number of aromatic amines is 1. The van der Waals surface area contributed by atoms with Gasteiger partial charge in [0, 0.05) is 24.8 Å². The normalized spacial score (nSPS) is 11.3. The smallest absolute Gasteiger partial charge is 0.267 e. The molecule has 2 aromatic rings. The Morgan fingerprint density at radius 1 is 1.12 bits per heavy atom. The number of ketones is 1. The summed E-state index contributed by atoms with van der Waals surface area (Å²) in [4.78, 5) is 26.1. The summed E-state index contributed by atoms with van der Waals surface area (Å²) in [5.41, 5.74) is 2.18. The molecule has 25 heavy (non-hydrogen) atoms. The first kappa shape index (κ1) is 18.9. The Morgan fingerprint density at radius 2 is 1.84 bits per heavy atom. The number of carbonyl (C=O) groups is 2. The minimum absolute atomic E-state index is 0.0573. The summed E-state index contributed by atoms with van der Waals surface area (Å²) in [6.07, 6.45) is 1.46. The van der Waals surface area contributed by atoms with E-state index < -0.39 is 15.9 Å². The van der Waals surface area contributed by atoms with E-state index in [0.717, 1.165) is 5.56 Å². The second-order valence-electron chi connectivity index (χ2n) is 5.78. The maximum atomic E-state index is 12.3. The number of sulfonamides is 1. The lowest BCUT2D eigenvalue weighted by atomic mass is 10.2. The molecule has 0 saturated carbocycles. The third-order valence-corrected chi connectivity index (χ3v) is 5.27. The van der Waals surface area contributed by atoms with Crippen molar-refractivity contribution in [2.24, 2.45) is 0 Å². The first-order chi connectivity index (χ1) is 11.7. The third kappa shape index (κ3) is 4.77. The molecular formula is C17H21N3O4S. The number of H-pyrrole nitrogens is 1. The SMILES string of the molecule is CC(=O)c1c[nH]c(C(=O)NCCNS(=O)(=O)c2cc(C)ccc2C)c1. The van der Waals surface area contributed by atoms with Gasteiger partial charge in [-0.2, -0.15) is 0 Å². The average molecular weight is 363 g/mol. The van der Waals surface area contributed by atoms with Gasteiger partial charge in [-0.1, -0.05) is 12.1 Å². The van der Waals surface area contributed by atoms with Crippen LogP contribution in [0.15, 0.2) is 35.4 Å². The maximum absolute atomic E-state index is 12.3. The molecule has 1 aromatic heterocycles. The van der Waals surface area contributed by atoms with Crippen molar-refractivity contribution in [1.29, 1.82) is 0 Å². The highest BCUT2D eigenvalue weighted by Gasteiger charge is 2.16. The quantitative estimate of drug-likeness (QED) is 0.512. The zero-order valence-corrected chi connectivity index (χ0v) is 15.2. The van der Waals surface area contributed by atoms with E-state index in [1.807, 2.05) is 13.0 Å². The van der Waals surface area contributed by atoms with Gasteiger partial charge < -0.3 is 10.3 Å². The van der Waals surface area contributed by atoms with Gasteiger partial charge in [0.05, 0.1) is 4.90 Å². The Kier molecular flexibility index (Phi) is 5.76. The lowest BCUT2D eigenvalue weighted by molar-refractivity contribution is 0.0949. The zero-order valence-electron chi connectivity index (χ0n) is 14.3. The van der Waals surface area contributed by atoms with Crippen LogP contribution in [-0.4, -0.2) is 38.2 Å². The molecule has 1 aromatic carbocycles. The van der Waals surface area contributed by atoms with Crippen molar-refractivity contribution in [2.45, 2.75) is 25.7 Å². The van der Waals surface area contributed by atoms with Crippen LogP contribution in [0.5, 0.6) is 0 Å². The Labute approximate surface area is 146 Å². The van der Waals surface area contributed by atoms with Gasteiger partial charge in [0.25, 0.3) is 5.91 Å². The third-order valence-electron chi connectivity index (χ3n) is 3.67. The molecule has 0 aliphatic heterocycles. The molecule has 0 fully saturated rings. The number of hydrogen-bond donors (Lipinski definition) is 3. The molecule has 7 nitrogen and oxygen atoms in total. The molecule has 8 heteroatoms. The maximum Gasteiger partial charge on any atom is 0.267 e. The number of hydrogen-bond acceptors (Lipinski definition) is 4. The van der Waals surface area contributed by atoms with E-state index in [-0.39, 0.29) is 29.5 Å². The summed E-state index contributed by atoms with van der Waals surface area (Å²) in [7, 11) is -3.64. The van der Waals surface area contributed by atoms with E-state index in [1.165, 1.54) is 19.2 Å². The van der Waals surface area contributed by atoms with Gasteiger partial charge in [-0.3, -0.25) is 9.59 Å². The molecule has 0 spiro atoms. The van der Waals surface area contributed by atoms with Crippen LogP contribution < -0.4 is 10.0 Å². The van der Waals surface area contributed by atoms with Gasteiger partial charge in [0.1, 0.15) is 5.69 Å². The Morgan fingerprint density at radius 3 is 2.48 bits per heavy atom. The summed E-state index contributed by atoms with van der Waals surface area (Å²) in [6, 6.07) is 6.67. The van der Waals surface area contributed by atoms with E-state index in [2.05, 4.69) is 15.0 Å². The van der Waals surface area contributed by atoms with Crippen molar-refractivity contribution >= 4 is 21.7 Å². The van der Waals surface area contributed by atoms with Crippen molar-refractivity contribution in [3.8, 4) is 0 Å². The summed E-state index contributed by atoms with van der Waals surface area (Å²) in [5, 5.41) is 2.59. The van der Waals surface area contributed by atoms with Gasteiger partial charge in [-0.25, -0.2) is 13.1 Å². The highest BCUT2D eigenvalue weighted by Crippen LogP contribution is 2.16. The number of benzene rings is 1. The predicted molar refractivity (Wildman–Crippen MR) is 94.2 cm³/mol. The van der Waals surface area contributed by atoms with Crippen molar-refractivity contribution < 1.29 is 18.0 Å². The van der Waals surface area contributed by atoms with Crippen LogP contribution in [0.2, 0.25) is 0 Å². The van der Waals surface area contributed by atoms with Crippen LogP contribution in [0.1, 0.15) is 38.9 Å². The van der Waals surface area contributed by atoms with Gasteiger partial charge in [0.2, 0.25) is 10.0 Å². The van der Waals surface area contributed by atoms with Crippen LogP contribution in [0.25, 0.3) is 0 Å². The van der Waals surface area contributed by atoms with Crippen LogP contribution in [0, 0.1) is 13.8 Å². The minimum atomic E-state index is -3.64. The topological polar surface area (TPSA) is 108 Å². The summed E-state index contributed by atoms with van der Waals surface area (Å²) < 4.78 is 27.1. The fourth-order valence-corrected chi connectivity index (χ4v) is 3.62. The van der Waals surface area contributed by atoms with Crippen molar-refractivity contribution in [1.82, 2.24) is 15.0 Å². The van der Waals surface area contributed by atoms with Crippen LogP contribution in [0.4, 0.5) is 0 Å². The molecule has 0 radical (unpaired) electrons.